The van der Waals surface area contributed by atoms with Gasteiger partial charge in [0.2, 0.25) is 0 Å². The third kappa shape index (κ3) is 2.06. The molecule has 4 N–H and O–H groups in total. The van der Waals surface area contributed by atoms with Crippen LogP contribution in [0.4, 0.5) is 0 Å². The Balaban J connectivity index is 2.47. The molecule has 0 bridgehead atoms. The van der Waals surface area contributed by atoms with E-state index in [0.717, 1.165) is 23.9 Å². The van der Waals surface area contributed by atoms with Crippen LogP contribution < -0.4 is 11.4 Å². The highest BCUT2D eigenvalue weighted by Gasteiger charge is 2.05. The fourth-order valence-corrected chi connectivity index (χ4v) is 1.90. The Bertz CT molecular complexity index is 529. The molecule has 0 aliphatic rings. The van der Waals surface area contributed by atoms with E-state index in [2.05, 4.69) is 9.97 Å². The van der Waals surface area contributed by atoms with E-state index in [-0.39, 0.29) is 5.69 Å². The van der Waals surface area contributed by atoms with Crippen LogP contribution in [0.25, 0.3) is 11.0 Å². The minimum atomic E-state index is -0.233. The molecule has 0 unspecified atom stereocenters. The highest BCUT2D eigenvalue weighted by Crippen LogP contribution is 2.21. The van der Waals surface area contributed by atoms with Gasteiger partial charge < -0.3 is 15.7 Å². The molecule has 0 aliphatic carbocycles. The van der Waals surface area contributed by atoms with Crippen LogP contribution in [-0.2, 0) is 6.42 Å². The fraction of sp³-hybridized carbons (Fsp3) is 0.300. The Morgan fingerprint density at radius 1 is 1.33 bits per heavy atom. The maximum atomic E-state index is 11.1. The molecule has 0 aliphatic heterocycles. The first-order valence-electron chi connectivity index (χ1n) is 4.81. The summed E-state index contributed by atoms with van der Waals surface area (Å²) in [6, 6.07) is 3.79. The number of H-pyrrole nitrogens is 2. The number of imidazole rings is 1. The van der Waals surface area contributed by atoms with Crippen molar-refractivity contribution in [3.8, 4) is 0 Å². The zero-order valence-electron chi connectivity index (χ0n) is 8.14. The Kier molecular flexibility index (Phi) is 2.79. The first kappa shape index (κ1) is 10.3. The van der Waals surface area contributed by atoms with Crippen LogP contribution in [0, 0.1) is 0 Å². The van der Waals surface area contributed by atoms with Gasteiger partial charge in [0.25, 0.3) is 0 Å². The van der Waals surface area contributed by atoms with Crippen LogP contribution in [0.5, 0.6) is 0 Å². The van der Waals surface area contributed by atoms with Gasteiger partial charge in [-0.1, -0.05) is 11.6 Å². The van der Waals surface area contributed by atoms with Crippen molar-refractivity contribution in [2.45, 2.75) is 12.8 Å². The quantitative estimate of drug-likeness (QED) is 0.739. The second kappa shape index (κ2) is 4.08. The molecule has 0 amide bonds. The number of nitrogens with two attached hydrogens (primary N) is 1. The van der Waals surface area contributed by atoms with Crippen molar-refractivity contribution in [3.63, 3.8) is 0 Å². The third-order valence-corrected chi connectivity index (χ3v) is 2.60. The minimum Gasteiger partial charge on any atom is -0.330 e. The molecule has 2 aromatic rings. The highest BCUT2D eigenvalue weighted by atomic mass is 35.5. The third-order valence-electron chi connectivity index (χ3n) is 2.31. The molecule has 15 heavy (non-hydrogen) atoms. The number of halogens is 1. The maximum Gasteiger partial charge on any atom is 0.323 e. The van der Waals surface area contributed by atoms with Gasteiger partial charge in [0.15, 0.2) is 0 Å². The van der Waals surface area contributed by atoms with Gasteiger partial charge in [-0.3, -0.25) is 0 Å². The Labute approximate surface area is 91.4 Å². The van der Waals surface area contributed by atoms with E-state index in [0.29, 0.717) is 17.1 Å². The lowest BCUT2D eigenvalue weighted by Gasteiger charge is -2.01. The maximum absolute atomic E-state index is 11.1. The summed E-state index contributed by atoms with van der Waals surface area (Å²) < 4.78 is 0. The van der Waals surface area contributed by atoms with Crippen LogP contribution in [0.1, 0.15) is 12.0 Å². The van der Waals surface area contributed by atoms with E-state index in [1.807, 2.05) is 12.1 Å². The first-order valence-corrected chi connectivity index (χ1v) is 5.19. The number of benzene rings is 1. The van der Waals surface area contributed by atoms with E-state index in [1.54, 1.807) is 0 Å². The van der Waals surface area contributed by atoms with Gasteiger partial charge >= 0.3 is 5.69 Å². The second-order valence-electron chi connectivity index (χ2n) is 3.47. The molecule has 0 radical (unpaired) electrons. The van der Waals surface area contributed by atoms with E-state index in [1.165, 1.54) is 0 Å². The first-order chi connectivity index (χ1) is 7.20. The summed E-state index contributed by atoms with van der Waals surface area (Å²) in [6.45, 7) is 0.652. The number of rotatable bonds is 3. The highest BCUT2D eigenvalue weighted by molar-refractivity contribution is 6.35. The number of aromatic amines is 2. The fourth-order valence-electron chi connectivity index (χ4n) is 1.61. The van der Waals surface area contributed by atoms with Gasteiger partial charge in [0, 0.05) is 0 Å². The predicted molar refractivity (Wildman–Crippen MR) is 61.3 cm³/mol. The standard InChI is InChI=1S/C10H12ClN3O/c11-7-4-6(2-1-3-12)5-8-9(7)14-10(15)13-8/h4-5H,1-3,12H2,(H2,13,14,15). The van der Waals surface area contributed by atoms with Gasteiger partial charge in [-0.25, -0.2) is 4.79 Å². The van der Waals surface area contributed by atoms with Crippen molar-refractivity contribution in [3.05, 3.63) is 33.2 Å². The van der Waals surface area contributed by atoms with Gasteiger partial charge in [-0.15, -0.1) is 0 Å². The molecule has 0 spiro atoms. The Morgan fingerprint density at radius 3 is 2.87 bits per heavy atom. The number of aryl methyl sites for hydroxylation is 1. The molecular weight excluding hydrogens is 214 g/mol. The van der Waals surface area contributed by atoms with Crippen molar-refractivity contribution in [1.29, 1.82) is 0 Å². The van der Waals surface area contributed by atoms with Crippen LogP contribution >= 0.6 is 11.6 Å². The Morgan fingerprint density at radius 2 is 2.13 bits per heavy atom. The molecule has 0 saturated carbocycles. The zero-order valence-corrected chi connectivity index (χ0v) is 8.90. The zero-order chi connectivity index (χ0) is 10.8. The van der Waals surface area contributed by atoms with Crippen LogP contribution in [-0.4, -0.2) is 16.5 Å². The van der Waals surface area contributed by atoms with Crippen molar-refractivity contribution in [2.75, 3.05) is 6.54 Å². The molecule has 0 saturated heterocycles. The molecule has 2 rings (SSSR count). The topological polar surface area (TPSA) is 74.7 Å². The number of fused-ring (bicyclic) bond motifs is 1. The molecule has 0 atom stereocenters. The van der Waals surface area contributed by atoms with Crippen LogP contribution in [0.15, 0.2) is 16.9 Å². The lowest BCUT2D eigenvalue weighted by Crippen LogP contribution is -2.00. The number of hydrogen-bond acceptors (Lipinski definition) is 2. The summed E-state index contributed by atoms with van der Waals surface area (Å²) >= 11 is 6.03. The molecule has 1 heterocycles. The number of hydrogen-bond donors (Lipinski definition) is 3. The minimum absolute atomic E-state index is 0.233. The van der Waals surface area contributed by atoms with E-state index in [4.69, 9.17) is 17.3 Å². The normalized spacial score (nSPS) is 11.1. The molecule has 4 nitrogen and oxygen atoms in total. The number of aromatic nitrogens is 2. The van der Waals surface area contributed by atoms with Crippen molar-refractivity contribution < 1.29 is 0 Å². The van der Waals surface area contributed by atoms with Gasteiger partial charge in [-0.2, -0.15) is 0 Å². The lowest BCUT2D eigenvalue weighted by atomic mass is 10.1. The summed E-state index contributed by atoms with van der Waals surface area (Å²) in [5.74, 6) is 0. The van der Waals surface area contributed by atoms with E-state index >= 15 is 0 Å². The van der Waals surface area contributed by atoms with Crippen molar-refractivity contribution in [2.24, 2.45) is 5.73 Å². The second-order valence-corrected chi connectivity index (χ2v) is 3.88. The molecular formula is C10H12ClN3O. The monoisotopic (exact) mass is 225 g/mol. The summed E-state index contributed by atoms with van der Waals surface area (Å²) in [5.41, 5.74) is 7.71. The molecule has 1 aromatic heterocycles. The molecule has 0 fully saturated rings. The number of nitrogens with one attached hydrogen (secondary N) is 2. The average molecular weight is 226 g/mol. The smallest absolute Gasteiger partial charge is 0.323 e. The SMILES string of the molecule is NCCCc1cc(Cl)c2[nH]c(=O)[nH]c2c1. The largest absolute Gasteiger partial charge is 0.330 e. The summed E-state index contributed by atoms with van der Waals surface area (Å²) in [5, 5.41) is 0.567. The van der Waals surface area contributed by atoms with E-state index in [9.17, 15) is 4.79 Å². The van der Waals surface area contributed by atoms with Crippen LogP contribution in [0.3, 0.4) is 0 Å². The van der Waals surface area contributed by atoms with Crippen molar-refractivity contribution in [1.82, 2.24) is 9.97 Å². The lowest BCUT2D eigenvalue weighted by molar-refractivity contribution is 0.833. The molecule has 80 valence electrons. The average Bonchev–Trinajstić information content (AvgIpc) is 2.56. The summed E-state index contributed by atoms with van der Waals surface area (Å²) in [6.07, 6.45) is 1.79. The predicted octanol–water partition coefficient (Wildman–Crippen LogP) is 1.40. The Hall–Kier alpha value is -1.26. The molecule has 5 heteroatoms. The van der Waals surface area contributed by atoms with Gasteiger partial charge in [0.1, 0.15) is 0 Å². The summed E-state index contributed by atoms with van der Waals surface area (Å²) in [4.78, 5) is 16.4. The van der Waals surface area contributed by atoms with Gasteiger partial charge in [0.05, 0.1) is 16.1 Å². The van der Waals surface area contributed by atoms with Crippen molar-refractivity contribution >= 4 is 22.6 Å². The molecule has 1 aromatic carbocycles. The van der Waals surface area contributed by atoms with E-state index < -0.39 is 0 Å². The van der Waals surface area contributed by atoms with Gasteiger partial charge in [-0.05, 0) is 37.1 Å². The summed E-state index contributed by atoms with van der Waals surface area (Å²) in [7, 11) is 0. The van der Waals surface area contributed by atoms with Crippen LogP contribution in [0.2, 0.25) is 5.02 Å².